The zero-order valence-corrected chi connectivity index (χ0v) is 18.0. The molecule has 4 nitrogen and oxygen atoms in total. The molecule has 4 rings (SSSR count). The third kappa shape index (κ3) is 4.76. The lowest BCUT2D eigenvalue weighted by atomic mass is 10.1. The van der Waals surface area contributed by atoms with E-state index in [1.54, 1.807) is 6.07 Å². The van der Waals surface area contributed by atoms with Crippen LogP contribution in [-0.2, 0) is 13.1 Å². The number of hydrogen-bond acceptors (Lipinski definition) is 4. The summed E-state index contributed by atoms with van der Waals surface area (Å²) in [6, 6.07) is 22.1. The molecule has 30 heavy (non-hydrogen) atoms. The molecule has 1 aliphatic rings. The first-order valence-corrected chi connectivity index (χ1v) is 10.7. The number of halogens is 2. The van der Waals surface area contributed by atoms with E-state index in [1.807, 2.05) is 48.7 Å². The topological polar surface area (TPSA) is 43.2 Å². The van der Waals surface area contributed by atoms with Crippen LogP contribution in [0.2, 0.25) is 10.0 Å². The van der Waals surface area contributed by atoms with Crippen molar-refractivity contribution in [3.8, 4) is 6.07 Å². The van der Waals surface area contributed by atoms with Crippen LogP contribution in [0.4, 0.5) is 5.69 Å². The van der Waals surface area contributed by atoms with Crippen molar-refractivity contribution in [3.05, 3.63) is 93.7 Å². The molecule has 1 fully saturated rings. The number of rotatable bonds is 6. The number of nitriles is 1. The van der Waals surface area contributed by atoms with E-state index in [-0.39, 0.29) is 0 Å². The first-order chi connectivity index (χ1) is 14.6. The van der Waals surface area contributed by atoms with Crippen LogP contribution in [0.5, 0.6) is 0 Å². The smallest absolute Gasteiger partial charge is 0.101 e. The molecule has 6 heteroatoms. The van der Waals surface area contributed by atoms with E-state index in [4.69, 9.17) is 23.2 Å². The van der Waals surface area contributed by atoms with E-state index >= 15 is 0 Å². The second-order valence-corrected chi connectivity index (χ2v) is 8.31. The number of hydrogen-bond donors (Lipinski definition) is 0. The lowest BCUT2D eigenvalue weighted by Gasteiger charge is -2.32. The van der Waals surface area contributed by atoms with Gasteiger partial charge in [0.1, 0.15) is 6.07 Å². The molecule has 1 saturated heterocycles. The number of pyridine rings is 1. The Bertz CT molecular complexity index is 1050. The Hall–Kier alpha value is -2.58. The Labute approximate surface area is 187 Å². The van der Waals surface area contributed by atoms with Crippen molar-refractivity contribution in [3.63, 3.8) is 0 Å². The molecule has 0 N–H and O–H groups in total. The largest absolute Gasteiger partial charge is 0.363 e. The van der Waals surface area contributed by atoms with Crippen LogP contribution < -0.4 is 4.90 Å². The molecular weight excluding hydrogens is 415 g/mol. The maximum absolute atomic E-state index is 9.23. The predicted molar refractivity (Wildman–Crippen MR) is 122 cm³/mol. The molecule has 0 saturated carbocycles. The monoisotopic (exact) mass is 436 g/mol. The van der Waals surface area contributed by atoms with E-state index in [2.05, 4.69) is 33.0 Å². The summed E-state index contributed by atoms with van der Waals surface area (Å²) in [4.78, 5) is 9.24. The lowest BCUT2D eigenvalue weighted by molar-refractivity contribution is 0.320. The molecule has 1 aliphatic heterocycles. The molecule has 0 amide bonds. The van der Waals surface area contributed by atoms with Crippen molar-refractivity contribution >= 4 is 28.9 Å². The molecule has 152 valence electrons. The highest BCUT2D eigenvalue weighted by atomic mass is 35.5. The molecular formula is C24H22Cl2N4. The van der Waals surface area contributed by atoms with Gasteiger partial charge in [0.2, 0.25) is 0 Å². The molecule has 0 radical (unpaired) electrons. The summed E-state index contributed by atoms with van der Waals surface area (Å²) in [6.07, 6.45) is 2.88. The average Bonchev–Trinajstić information content (AvgIpc) is 3.22. The average molecular weight is 437 g/mol. The Balaban J connectivity index is 1.58. The van der Waals surface area contributed by atoms with E-state index < -0.39 is 0 Å². The Morgan fingerprint density at radius 3 is 2.63 bits per heavy atom. The van der Waals surface area contributed by atoms with Gasteiger partial charge in [0, 0.05) is 49.1 Å². The Morgan fingerprint density at radius 2 is 1.90 bits per heavy atom. The van der Waals surface area contributed by atoms with Gasteiger partial charge in [-0.15, -0.1) is 0 Å². The number of benzene rings is 2. The van der Waals surface area contributed by atoms with Crippen LogP contribution >= 0.6 is 23.2 Å². The minimum Gasteiger partial charge on any atom is -0.363 e. The Kier molecular flexibility index (Phi) is 6.54. The summed E-state index contributed by atoms with van der Waals surface area (Å²) >= 11 is 12.8. The fraction of sp³-hybridized carbons (Fsp3) is 0.250. The van der Waals surface area contributed by atoms with Gasteiger partial charge >= 0.3 is 0 Å². The van der Waals surface area contributed by atoms with Crippen molar-refractivity contribution in [1.29, 1.82) is 5.26 Å². The van der Waals surface area contributed by atoms with Crippen LogP contribution in [0.1, 0.15) is 23.2 Å². The first-order valence-electron chi connectivity index (χ1n) is 9.96. The molecule has 2 aromatic carbocycles. The SMILES string of the molecule is N#Cc1ccc(N(Cc2ccccc2Cl)[C@H]2CCN(Cc3ccccn3)C2)cc1Cl. The highest BCUT2D eigenvalue weighted by molar-refractivity contribution is 6.32. The fourth-order valence-corrected chi connectivity index (χ4v) is 4.36. The summed E-state index contributed by atoms with van der Waals surface area (Å²) in [7, 11) is 0. The van der Waals surface area contributed by atoms with Gasteiger partial charge in [0.05, 0.1) is 16.3 Å². The maximum Gasteiger partial charge on any atom is 0.101 e. The molecule has 1 atom stereocenters. The molecule has 1 aromatic heterocycles. The Morgan fingerprint density at radius 1 is 1.07 bits per heavy atom. The molecule has 0 bridgehead atoms. The normalized spacial score (nSPS) is 16.4. The van der Waals surface area contributed by atoms with Crippen molar-refractivity contribution in [2.45, 2.75) is 25.6 Å². The molecule has 2 heterocycles. The number of anilines is 1. The number of likely N-dealkylation sites (tertiary alicyclic amines) is 1. The van der Waals surface area contributed by atoms with Gasteiger partial charge in [-0.25, -0.2) is 0 Å². The minimum atomic E-state index is 0.314. The summed E-state index contributed by atoms with van der Waals surface area (Å²) in [5.41, 5.74) is 3.64. The molecule has 0 spiro atoms. The molecule has 0 aliphatic carbocycles. The van der Waals surface area contributed by atoms with Crippen LogP contribution in [0.15, 0.2) is 66.9 Å². The van der Waals surface area contributed by atoms with Gasteiger partial charge in [0.25, 0.3) is 0 Å². The maximum atomic E-state index is 9.23. The van der Waals surface area contributed by atoms with Gasteiger partial charge < -0.3 is 4.90 Å². The highest BCUT2D eigenvalue weighted by Crippen LogP contribution is 2.31. The quantitative estimate of drug-likeness (QED) is 0.508. The van der Waals surface area contributed by atoms with Gasteiger partial charge in [-0.2, -0.15) is 5.26 Å². The van der Waals surface area contributed by atoms with Crippen LogP contribution in [0.25, 0.3) is 0 Å². The summed E-state index contributed by atoms with van der Waals surface area (Å²) in [5, 5.41) is 10.5. The van der Waals surface area contributed by atoms with Crippen molar-refractivity contribution < 1.29 is 0 Å². The third-order valence-electron chi connectivity index (χ3n) is 5.50. The number of aromatic nitrogens is 1. The third-order valence-corrected chi connectivity index (χ3v) is 6.18. The fourth-order valence-electron chi connectivity index (χ4n) is 3.95. The zero-order chi connectivity index (χ0) is 20.9. The first kappa shape index (κ1) is 20.7. The van der Waals surface area contributed by atoms with Gasteiger partial charge in [-0.05, 0) is 48.4 Å². The summed E-state index contributed by atoms with van der Waals surface area (Å²) < 4.78 is 0. The second-order valence-electron chi connectivity index (χ2n) is 7.49. The van der Waals surface area contributed by atoms with Gasteiger partial charge in [-0.3, -0.25) is 9.88 Å². The van der Waals surface area contributed by atoms with E-state index in [0.717, 1.165) is 48.0 Å². The van der Waals surface area contributed by atoms with Crippen LogP contribution in [0.3, 0.4) is 0 Å². The van der Waals surface area contributed by atoms with Gasteiger partial charge in [-0.1, -0.05) is 47.5 Å². The zero-order valence-electron chi connectivity index (χ0n) is 16.5. The minimum absolute atomic E-state index is 0.314. The van der Waals surface area contributed by atoms with Crippen LogP contribution in [-0.4, -0.2) is 29.0 Å². The van der Waals surface area contributed by atoms with Gasteiger partial charge in [0.15, 0.2) is 0 Å². The standard InChI is InChI=1S/C24H22Cl2N4/c25-23-7-2-1-5-19(23)15-30(21-9-8-18(14-27)24(26)13-21)22-10-12-29(17-22)16-20-6-3-4-11-28-20/h1-9,11,13,22H,10,12,15-17H2/t22-/m0/s1. The van der Waals surface area contributed by atoms with Crippen molar-refractivity contribution in [2.75, 3.05) is 18.0 Å². The van der Waals surface area contributed by atoms with E-state index in [0.29, 0.717) is 23.2 Å². The molecule has 3 aromatic rings. The van der Waals surface area contributed by atoms with E-state index in [9.17, 15) is 5.26 Å². The lowest BCUT2D eigenvalue weighted by Crippen LogP contribution is -2.37. The van der Waals surface area contributed by atoms with Crippen molar-refractivity contribution in [2.24, 2.45) is 0 Å². The van der Waals surface area contributed by atoms with Crippen LogP contribution in [0, 0.1) is 11.3 Å². The molecule has 0 unspecified atom stereocenters. The second kappa shape index (κ2) is 9.49. The highest BCUT2D eigenvalue weighted by Gasteiger charge is 2.29. The summed E-state index contributed by atoms with van der Waals surface area (Å²) in [6.45, 7) is 3.46. The predicted octanol–water partition coefficient (Wildman–Crippen LogP) is 5.54. The summed E-state index contributed by atoms with van der Waals surface area (Å²) in [5.74, 6) is 0. The van der Waals surface area contributed by atoms with Crippen molar-refractivity contribution in [1.82, 2.24) is 9.88 Å². The van der Waals surface area contributed by atoms with E-state index in [1.165, 1.54) is 0 Å². The number of nitrogens with zero attached hydrogens (tertiary/aromatic N) is 4.